The molecule has 2 amide bonds. The average molecular weight is 389 g/mol. The smallest absolute Gasteiger partial charge is 0.261 e. The van der Waals surface area contributed by atoms with Crippen LogP contribution in [-0.2, 0) is 14.8 Å². The Labute approximate surface area is 157 Å². The fourth-order valence-corrected chi connectivity index (χ4v) is 3.78. The molecule has 2 aromatic rings. The summed E-state index contributed by atoms with van der Waals surface area (Å²) in [5.41, 5.74) is 5.82. The third-order valence-corrected chi connectivity index (χ3v) is 5.53. The minimum Gasteiger partial charge on any atom is -0.378 e. The molecule has 1 fully saturated rings. The largest absolute Gasteiger partial charge is 0.378 e. The zero-order valence-electron chi connectivity index (χ0n) is 14.4. The van der Waals surface area contributed by atoms with E-state index in [1.165, 1.54) is 30.3 Å². The second-order valence-electron chi connectivity index (χ2n) is 5.94. The van der Waals surface area contributed by atoms with Crippen molar-refractivity contribution in [1.82, 2.24) is 4.90 Å². The van der Waals surface area contributed by atoms with Gasteiger partial charge in [-0.3, -0.25) is 14.3 Å². The minimum absolute atomic E-state index is 0.0406. The molecule has 3 N–H and O–H groups in total. The number of anilines is 1. The van der Waals surface area contributed by atoms with E-state index in [2.05, 4.69) is 4.72 Å². The highest BCUT2D eigenvalue weighted by molar-refractivity contribution is 7.92. The van der Waals surface area contributed by atoms with Crippen molar-refractivity contribution in [2.75, 3.05) is 31.0 Å². The van der Waals surface area contributed by atoms with Gasteiger partial charge in [-0.25, -0.2) is 8.42 Å². The molecule has 1 heterocycles. The standard InChI is InChI=1S/C18H19N3O5S/c19-17(22)13-5-7-14(8-6-13)27(24,25)20-16-4-2-1-3-15(16)18(23)21-9-11-26-12-10-21/h1-8,20H,9-12H2,(H2,19,22). The molecule has 1 aliphatic rings. The predicted octanol–water partition coefficient (Wildman–Crippen LogP) is 1.06. The van der Waals surface area contributed by atoms with Gasteiger partial charge in [0.15, 0.2) is 0 Å². The number of amides is 2. The fourth-order valence-electron chi connectivity index (χ4n) is 2.70. The van der Waals surface area contributed by atoms with Gasteiger partial charge in [-0.2, -0.15) is 0 Å². The van der Waals surface area contributed by atoms with Gasteiger partial charge in [0.25, 0.3) is 15.9 Å². The van der Waals surface area contributed by atoms with Crippen LogP contribution >= 0.6 is 0 Å². The summed E-state index contributed by atoms with van der Waals surface area (Å²) in [5.74, 6) is -0.908. The summed E-state index contributed by atoms with van der Waals surface area (Å²) >= 11 is 0. The lowest BCUT2D eigenvalue weighted by Crippen LogP contribution is -2.41. The number of ether oxygens (including phenoxy) is 1. The average Bonchev–Trinajstić information content (AvgIpc) is 2.68. The zero-order chi connectivity index (χ0) is 19.4. The molecule has 0 spiro atoms. The van der Waals surface area contributed by atoms with E-state index in [9.17, 15) is 18.0 Å². The molecule has 0 bridgehead atoms. The first-order chi connectivity index (χ1) is 12.9. The van der Waals surface area contributed by atoms with Crippen molar-refractivity contribution in [1.29, 1.82) is 0 Å². The molecule has 1 aliphatic heterocycles. The Morgan fingerprint density at radius 1 is 1.00 bits per heavy atom. The number of para-hydroxylation sites is 1. The van der Waals surface area contributed by atoms with Crippen molar-refractivity contribution in [3.8, 4) is 0 Å². The molecule has 0 radical (unpaired) electrons. The van der Waals surface area contributed by atoms with Crippen LogP contribution in [0, 0.1) is 0 Å². The molecular weight excluding hydrogens is 370 g/mol. The number of carbonyl (C=O) groups is 2. The van der Waals surface area contributed by atoms with E-state index in [1.54, 1.807) is 23.1 Å². The highest BCUT2D eigenvalue weighted by Crippen LogP contribution is 2.22. The second kappa shape index (κ2) is 7.77. The van der Waals surface area contributed by atoms with Gasteiger partial charge >= 0.3 is 0 Å². The van der Waals surface area contributed by atoms with Gasteiger partial charge in [0.2, 0.25) is 5.91 Å². The van der Waals surface area contributed by atoms with Crippen molar-refractivity contribution in [2.45, 2.75) is 4.90 Å². The topological polar surface area (TPSA) is 119 Å². The Kier molecular flexibility index (Phi) is 5.43. The zero-order valence-corrected chi connectivity index (χ0v) is 15.2. The molecule has 1 saturated heterocycles. The van der Waals surface area contributed by atoms with Gasteiger partial charge < -0.3 is 15.4 Å². The summed E-state index contributed by atoms with van der Waals surface area (Å²) < 4.78 is 33.0. The number of nitrogens with two attached hydrogens (primary N) is 1. The lowest BCUT2D eigenvalue weighted by Gasteiger charge is -2.27. The molecular formula is C18H19N3O5S. The van der Waals surface area contributed by atoms with E-state index < -0.39 is 15.9 Å². The van der Waals surface area contributed by atoms with E-state index in [1.807, 2.05) is 0 Å². The first-order valence-corrected chi connectivity index (χ1v) is 9.75. The van der Waals surface area contributed by atoms with Crippen LogP contribution in [0.15, 0.2) is 53.4 Å². The highest BCUT2D eigenvalue weighted by atomic mass is 32.2. The number of hydrogen-bond acceptors (Lipinski definition) is 5. The van der Waals surface area contributed by atoms with Crippen LogP contribution in [0.25, 0.3) is 0 Å². The van der Waals surface area contributed by atoms with Crippen LogP contribution in [0.4, 0.5) is 5.69 Å². The molecule has 142 valence electrons. The predicted molar refractivity (Wildman–Crippen MR) is 98.9 cm³/mol. The number of sulfonamides is 1. The lowest BCUT2D eigenvalue weighted by atomic mass is 10.1. The number of nitrogens with one attached hydrogen (secondary N) is 1. The molecule has 27 heavy (non-hydrogen) atoms. The molecule has 8 nitrogen and oxygen atoms in total. The van der Waals surface area contributed by atoms with Crippen LogP contribution < -0.4 is 10.5 Å². The SMILES string of the molecule is NC(=O)c1ccc(S(=O)(=O)Nc2ccccc2C(=O)N2CCOCC2)cc1. The Morgan fingerprint density at radius 3 is 2.26 bits per heavy atom. The van der Waals surface area contributed by atoms with E-state index >= 15 is 0 Å². The monoisotopic (exact) mass is 389 g/mol. The van der Waals surface area contributed by atoms with Crippen molar-refractivity contribution in [2.24, 2.45) is 5.73 Å². The van der Waals surface area contributed by atoms with Crippen LogP contribution in [0.5, 0.6) is 0 Å². The van der Waals surface area contributed by atoms with E-state index in [0.29, 0.717) is 26.3 Å². The van der Waals surface area contributed by atoms with Crippen molar-refractivity contribution < 1.29 is 22.7 Å². The minimum atomic E-state index is -3.94. The number of carbonyl (C=O) groups excluding carboxylic acids is 2. The molecule has 9 heteroatoms. The molecule has 0 aliphatic carbocycles. The molecule has 0 unspecified atom stereocenters. The van der Waals surface area contributed by atoms with E-state index in [-0.39, 0.29) is 27.6 Å². The first-order valence-electron chi connectivity index (χ1n) is 8.27. The third-order valence-electron chi connectivity index (χ3n) is 4.15. The fraction of sp³-hybridized carbons (Fsp3) is 0.222. The van der Waals surface area contributed by atoms with Gasteiger partial charge in [0.1, 0.15) is 0 Å². The maximum absolute atomic E-state index is 12.7. The summed E-state index contributed by atoms with van der Waals surface area (Å²) in [5, 5.41) is 0. The van der Waals surface area contributed by atoms with Gasteiger partial charge in [0.05, 0.1) is 29.4 Å². The van der Waals surface area contributed by atoms with Gasteiger partial charge in [-0.1, -0.05) is 12.1 Å². The molecule has 2 aromatic carbocycles. The number of nitrogens with zero attached hydrogens (tertiary/aromatic N) is 1. The first kappa shape index (κ1) is 18.9. The molecule has 0 aromatic heterocycles. The van der Waals surface area contributed by atoms with Crippen molar-refractivity contribution >= 4 is 27.5 Å². The number of morpholine rings is 1. The number of benzene rings is 2. The molecule has 3 rings (SSSR count). The highest BCUT2D eigenvalue weighted by Gasteiger charge is 2.23. The molecule has 0 saturated carbocycles. The third kappa shape index (κ3) is 4.26. The maximum Gasteiger partial charge on any atom is 0.261 e. The summed E-state index contributed by atoms with van der Waals surface area (Å²) in [7, 11) is -3.94. The molecule has 0 atom stereocenters. The quantitative estimate of drug-likeness (QED) is 0.792. The normalized spacial score (nSPS) is 14.6. The summed E-state index contributed by atoms with van der Waals surface area (Å²) in [6.45, 7) is 1.81. The Hall–Kier alpha value is -2.91. The summed E-state index contributed by atoms with van der Waals surface area (Å²) in [4.78, 5) is 25.5. The summed E-state index contributed by atoms with van der Waals surface area (Å²) in [6.07, 6.45) is 0. The lowest BCUT2D eigenvalue weighted by molar-refractivity contribution is 0.0303. The van der Waals surface area contributed by atoms with Gasteiger partial charge in [0, 0.05) is 18.7 Å². The van der Waals surface area contributed by atoms with Gasteiger partial charge in [-0.15, -0.1) is 0 Å². The van der Waals surface area contributed by atoms with Crippen molar-refractivity contribution in [3.05, 3.63) is 59.7 Å². The van der Waals surface area contributed by atoms with Gasteiger partial charge in [-0.05, 0) is 36.4 Å². The summed E-state index contributed by atoms with van der Waals surface area (Å²) in [6, 6.07) is 11.7. The number of primary amides is 1. The number of hydrogen-bond donors (Lipinski definition) is 2. The van der Waals surface area contributed by atoms with E-state index in [0.717, 1.165) is 0 Å². The van der Waals surface area contributed by atoms with Crippen LogP contribution in [0.2, 0.25) is 0 Å². The van der Waals surface area contributed by atoms with Crippen molar-refractivity contribution in [3.63, 3.8) is 0 Å². The maximum atomic E-state index is 12.7. The Bertz CT molecular complexity index is 951. The van der Waals surface area contributed by atoms with Crippen LogP contribution in [-0.4, -0.2) is 51.4 Å². The van der Waals surface area contributed by atoms with Crippen LogP contribution in [0.3, 0.4) is 0 Å². The van der Waals surface area contributed by atoms with E-state index in [4.69, 9.17) is 10.5 Å². The Morgan fingerprint density at radius 2 is 1.63 bits per heavy atom. The Balaban J connectivity index is 1.86. The van der Waals surface area contributed by atoms with Crippen LogP contribution in [0.1, 0.15) is 20.7 Å². The second-order valence-corrected chi connectivity index (χ2v) is 7.63. The number of rotatable bonds is 5.